The maximum atomic E-state index is 14.5. The number of ether oxygens (including phenoxy) is 2. The summed E-state index contributed by atoms with van der Waals surface area (Å²) in [6, 6.07) is 2.85. The van der Waals surface area contributed by atoms with Crippen molar-refractivity contribution < 1.29 is 27.0 Å². The van der Waals surface area contributed by atoms with Crippen molar-refractivity contribution in [1.82, 2.24) is 0 Å². The quantitative estimate of drug-likeness (QED) is 0.464. The molecule has 3 rings (SSSR count). The highest BCUT2D eigenvalue weighted by Crippen LogP contribution is 2.38. The van der Waals surface area contributed by atoms with E-state index in [9.17, 15) is 17.6 Å². The predicted octanol–water partition coefficient (Wildman–Crippen LogP) is 5.41. The van der Waals surface area contributed by atoms with Gasteiger partial charge in [0.05, 0.1) is 6.61 Å². The first-order chi connectivity index (χ1) is 11.4. The number of rotatable bonds is 8. The number of halogens is 4. The molecule has 24 heavy (non-hydrogen) atoms. The van der Waals surface area contributed by atoms with E-state index in [2.05, 4.69) is 10.8 Å². The molecule has 2 aliphatic carbocycles. The van der Waals surface area contributed by atoms with Crippen molar-refractivity contribution in [2.45, 2.75) is 44.9 Å². The van der Waals surface area contributed by atoms with Crippen molar-refractivity contribution >= 4 is 0 Å². The molecule has 0 heterocycles. The Morgan fingerprint density at radius 3 is 2.50 bits per heavy atom. The summed E-state index contributed by atoms with van der Waals surface area (Å²) in [6.07, 6.45) is 4.34. The van der Waals surface area contributed by atoms with Gasteiger partial charge in [-0.25, -0.2) is 4.39 Å². The number of allylic oxidation sites excluding steroid dienone is 2. The molecule has 0 aliphatic heterocycles. The highest BCUT2D eigenvalue weighted by molar-refractivity contribution is 5.45. The Balaban J connectivity index is 1.71. The summed E-state index contributed by atoms with van der Waals surface area (Å²) in [4.78, 5) is 0. The van der Waals surface area contributed by atoms with Gasteiger partial charge >= 0.3 is 6.36 Å². The molecule has 0 atom stereocenters. The van der Waals surface area contributed by atoms with Gasteiger partial charge in [-0.1, -0.05) is 18.2 Å². The van der Waals surface area contributed by atoms with Gasteiger partial charge in [0.1, 0.15) is 0 Å². The zero-order valence-corrected chi connectivity index (χ0v) is 13.2. The fraction of sp³-hybridized carbons (Fsp3) is 0.556. The molecule has 0 radical (unpaired) electrons. The average Bonchev–Trinajstić information content (AvgIpc) is 3.39. The van der Waals surface area contributed by atoms with Crippen LogP contribution < -0.4 is 9.47 Å². The van der Waals surface area contributed by atoms with Crippen molar-refractivity contribution in [1.29, 1.82) is 0 Å². The molecule has 2 saturated carbocycles. The Bertz CT molecular complexity index is 602. The Morgan fingerprint density at radius 2 is 1.88 bits per heavy atom. The minimum absolute atomic E-state index is 0.186. The fourth-order valence-electron chi connectivity index (χ4n) is 2.41. The first kappa shape index (κ1) is 17.1. The molecule has 2 fully saturated rings. The predicted molar refractivity (Wildman–Crippen MR) is 81.5 cm³/mol. The maximum absolute atomic E-state index is 14.5. The summed E-state index contributed by atoms with van der Waals surface area (Å²) in [5.41, 5.74) is 0.202. The molecule has 2 nitrogen and oxygen atoms in total. The van der Waals surface area contributed by atoms with E-state index in [0.29, 0.717) is 24.7 Å². The summed E-state index contributed by atoms with van der Waals surface area (Å²) in [7, 11) is 0. The highest BCUT2D eigenvalue weighted by atomic mass is 19.4. The average molecular weight is 344 g/mol. The van der Waals surface area contributed by atoms with Crippen molar-refractivity contribution in [2.75, 3.05) is 6.61 Å². The Hall–Kier alpha value is -1.72. The standard InChI is InChI=1S/C18H20F4O2/c19-16-14(4-2-1-3-12-5-6-12)9-10-15(23-11-13-7-8-13)17(16)24-18(20,21)22/h1,3,9-10,12-13H,2,4-8,11H2/b3-1+. The van der Waals surface area contributed by atoms with Gasteiger partial charge in [-0.2, -0.15) is 0 Å². The van der Waals surface area contributed by atoms with Crippen molar-refractivity contribution in [3.8, 4) is 11.5 Å². The van der Waals surface area contributed by atoms with Crippen LogP contribution in [0, 0.1) is 17.7 Å². The molecule has 0 bridgehead atoms. The molecular formula is C18H20F4O2. The van der Waals surface area contributed by atoms with Crippen LogP contribution in [0.4, 0.5) is 17.6 Å². The molecule has 1 aromatic rings. The van der Waals surface area contributed by atoms with E-state index in [1.54, 1.807) is 0 Å². The first-order valence-electron chi connectivity index (χ1n) is 8.29. The second-order valence-corrected chi connectivity index (χ2v) is 6.47. The van der Waals surface area contributed by atoms with Crippen molar-refractivity contribution in [3.63, 3.8) is 0 Å². The summed E-state index contributed by atoms with van der Waals surface area (Å²) in [6.45, 7) is 0.289. The van der Waals surface area contributed by atoms with E-state index < -0.39 is 17.9 Å². The summed E-state index contributed by atoms with van der Waals surface area (Å²) >= 11 is 0. The summed E-state index contributed by atoms with van der Waals surface area (Å²) < 4.78 is 61.5. The molecule has 0 aromatic heterocycles. The number of hydrogen-bond donors (Lipinski definition) is 0. The normalized spacial score (nSPS) is 18.2. The second-order valence-electron chi connectivity index (χ2n) is 6.47. The van der Waals surface area contributed by atoms with Crippen LogP contribution in [0.1, 0.15) is 37.7 Å². The smallest absolute Gasteiger partial charge is 0.489 e. The highest BCUT2D eigenvalue weighted by Gasteiger charge is 2.35. The molecule has 0 spiro atoms. The van der Waals surface area contributed by atoms with Crippen LogP contribution in [-0.4, -0.2) is 13.0 Å². The Labute approximate surface area is 138 Å². The van der Waals surface area contributed by atoms with E-state index in [0.717, 1.165) is 12.8 Å². The van der Waals surface area contributed by atoms with Crippen molar-refractivity contribution in [3.05, 3.63) is 35.7 Å². The fourth-order valence-corrected chi connectivity index (χ4v) is 2.41. The van der Waals surface area contributed by atoms with Gasteiger partial charge in [-0.15, -0.1) is 13.2 Å². The molecule has 1 aromatic carbocycles. The minimum atomic E-state index is -4.96. The van der Waals surface area contributed by atoms with E-state index in [4.69, 9.17) is 4.74 Å². The summed E-state index contributed by atoms with van der Waals surface area (Å²) in [5.74, 6) is -1.06. The zero-order valence-electron chi connectivity index (χ0n) is 13.2. The lowest BCUT2D eigenvalue weighted by Gasteiger charge is -2.16. The molecule has 0 unspecified atom stereocenters. The van der Waals surface area contributed by atoms with E-state index in [1.807, 2.05) is 6.08 Å². The van der Waals surface area contributed by atoms with Crippen LogP contribution in [0.15, 0.2) is 24.3 Å². The third-order valence-electron chi connectivity index (χ3n) is 4.14. The van der Waals surface area contributed by atoms with Crippen LogP contribution in [0.25, 0.3) is 0 Å². The molecule has 0 saturated heterocycles. The van der Waals surface area contributed by atoms with E-state index in [-0.39, 0.29) is 17.9 Å². The largest absolute Gasteiger partial charge is 0.573 e. The van der Waals surface area contributed by atoms with Crippen LogP contribution in [0.5, 0.6) is 11.5 Å². The van der Waals surface area contributed by atoms with Crippen LogP contribution in [-0.2, 0) is 6.42 Å². The van der Waals surface area contributed by atoms with Gasteiger partial charge in [0.2, 0.25) is 5.75 Å². The number of hydrogen-bond acceptors (Lipinski definition) is 2. The van der Waals surface area contributed by atoms with Gasteiger partial charge in [0, 0.05) is 0 Å². The number of aryl methyl sites for hydroxylation is 1. The van der Waals surface area contributed by atoms with Crippen LogP contribution >= 0.6 is 0 Å². The number of benzene rings is 1. The number of alkyl halides is 3. The van der Waals surface area contributed by atoms with Gasteiger partial charge in [-0.3, -0.25) is 0 Å². The molecule has 132 valence electrons. The first-order valence-corrected chi connectivity index (χ1v) is 8.29. The Morgan fingerprint density at radius 1 is 1.12 bits per heavy atom. The lowest BCUT2D eigenvalue weighted by Crippen LogP contribution is -2.19. The molecule has 0 N–H and O–H groups in total. The summed E-state index contributed by atoms with van der Waals surface area (Å²) in [5, 5.41) is 0. The molecular weight excluding hydrogens is 324 g/mol. The molecule has 6 heteroatoms. The maximum Gasteiger partial charge on any atom is 0.573 e. The lowest BCUT2D eigenvalue weighted by atomic mass is 10.1. The van der Waals surface area contributed by atoms with E-state index in [1.165, 1.54) is 25.0 Å². The van der Waals surface area contributed by atoms with E-state index >= 15 is 0 Å². The zero-order chi connectivity index (χ0) is 17.2. The molecule has 0 amide bonds. The minimum Gasteiger partial charge on any atom is -0.489 e. The van der Waals surface area contributed by atoms with Gasteiger partial charge in [0.25, 0.3) is 0 Å². The SMILES string of the molecule is Fc1c(CC/C=C/C2CC2)ccc(OCC2CC2)c1OC(F)(F)F. The van der Waals surface area contributed by atoms with Crippen molar-refractivity contribution in [2.24, 2.45) is 11.8 Å². The topological polar surface area (TPSA) is 18.5 Å². The second kappa shape index (κ2) is 7.03. The van der Waals surface area contributed by atoms with Crippen LogP contribution in [0.3, 0.4) is 0 Å². The van der Waals surface area contributed by atoms with Crippen LogP contribution in [0.2, 0.25) is 0 Å². The lowest BCUT2D eigenvalue weighted by molar-refractivity contribution is -0.276. The molecule has 2 aliphatic rings. The Kier molecular flexibility index (Phi) is 5.01. The third kappa shape index (κ3) is 5.14. The van der Waals surface area contributed by atoms with Gasteiger partial charge < -0.3 is 9.47 Å². The van der Waals surface area contributed by atoms with Gasteiger partial charge in [0.15, 0.2) is 11.6 Å². The third-order valence-corrected chi connectivity index (χ3v) is 4.14. The monoisotopic (exact) mass is 344 g/mol. The van der Waals surface area contributed by atoms with Gasteiger partial charge in [-0.05, 0) is 62.0 Å².